The Balaban J connectivity index is 2.21. The van der Waals surface area contributed by atoms with E-state index in [1.165, 1.54) is 30.5 Å². The van der Waals surface area contributed by atoms with E-state index in [0.717, 1.165) is 13.0 Å². The van der Waals surface area contributed by atoms with Crippen LogP contribution in [0, 0.1) is 6.92 Å². The van der Waals surface area contributed by atoms with Gasteiger partial charge < -0.3 is 5.73 Å². The van der Waals surface area contributed by atoms with Crippen LogP contribution in [0.4, 0.5) is 0 Å². The van der Waals surface area contributed by atoms with Crippen molar-refractivity contribution in [2.45, 2.75) is 45.2 Å². The molecular weight excluding hydrogens is 208 g/mol. The Morgan fingerprint density at radius 1 is 1.29 bits per heavy atom. The molecule has 2 nitrogen and oxygen atoms in total. The molecule has 1 aliphatic heterocycles. The maximum atomic E-state index is 6.33. The van der Waals surface area contributed by atoms with Crippen molar-refractivity contribution in [3.05, 3.63) is 35.4 Å². The highest BCUT2D eigenvalue weighted by Crippen LogP contribution is 2.30. The Morgan fingerprint density at radius 3 is 2.65 bits per heavy atom. The van der Waals surface area contributed by atoms with Crippen molar-refractivity contribution in [2.75, 3.05) is 13.1 Å². The Morgan fingerprint density at radius 2 is 2.00 bits per heavy atom. The Kier molecular flexibility index (Phi) is 4.19. The number of hydrogen-bond acceptors (Lipinski definition) is 2. The number of nitrogens with two attached hydrogens (primary N) is 1. The monoisotopic (exact) mass is 232 g/mol. The van der Waals surface area contributed by atoms with Gasteiger partial charge >= 0.3 is 0 Å². The van der Waals surface area contributed by atoms with Gasteiger partial charge in [-0.05, 0) is 44.8 Å². The molecule has 0 saturated carbocycles. The summed E-state index contributed by atoms with van der Waals surface area (Å²) in [4.78, 5) is 2.55. The van der Waals surface area contributed by atoms with E-state index in [9.17, 15) is 0 Å². The Hall–Kier alpha value is -0.860. The molecule has 1 heterocycles. The van der Waals surface area contributed by atoms with E-state index < -0.39 is 0 Å². The second kappa shape index (κ2) is 5.65. The molecule has 17 heavy (non-hydrogen) atoms. The third-order valence-electron chi connectivity index (χ3n) is 3.71. The molecule has 0 radical (unpaired) electrons. The van der Waals surface area contributed by atoms with E-state index in [4.69, 9.17) is 5.73 Å². The second-order valence-corrected chi connectivity index (χ2v) is 5.20. The zero-order chi connectivity index (χ0) is 12.3. The van der Waals surface area contributed by atoms with Gasteiger partial charge in [-0.15, -0.1) is 0 Å². The van der Waals surface area contributed by atoms with Gasteiger partial charge in [0.2, 0.25) is 0 Å². The van der Waals surface area contributed by atoms with E-state index >= 15 is 0 Å². The minimum absolute atomic E-state index is 0.290. The van der Waals surface area contributed by atoms with Gasteiger partial charge in [0.15, 0.2) is 0 Å². The van der Waals surface area contributed by atoms with Crippen LogP contribution < -0.4 is 5.73 Å². The highest BCUT2D eigenvalue weighted by molar-refractivity contribution is 5.25. The summed E-state index contributed by atoms with van der Waals surface area (Å²) < 4.78 is 0. The van der Waals surface area contributed by atoms with Crippen molar-refractivity contribution < 1.29 is 0 Å². The molecular formula is C15H24N2. The molecule has 1 aromatic rings. The highest BCUT2D eigenvalue weighted by atomic mass is 15.2. The van der Waals surface area contributed by atoms with Crippen LogP contribution in [-0.2, 0) is 0 Å². The molecule has 0 spiro atoms. The molecule has 0 aliphatic carbocycles. The SMILES string of the molecule is CCCN1CCCC(N)C1c1ccc(C)cc1. The number of piperidine rings is 1. The fourth-order valence-corrected chi connectivity index (χ4v) is 2.86. The number of rotatable bonds is 3. The van der Waals surface area contributed by atoms with Crippen molar-refractivity contribution in [1.29, 1.82) is 0 Å². The third kappa shape index (κ3) is 2.88. The number of nitrogens with zero attached hydrogens (tertiary/aromatic N) is 1. The molecule has 0 amide bonds. The van der Waals surface area contributed by atoms with Gasteiger partial charge in [-0.2, -0.15) is 0 Å². The summed E-state index contributed by atoms with van der Waals surface area (Å²) in [5.41, 5.74) is 9.03. The molecule has 2 N–H and O–H groups in total. The molecule has 1 aliphatic rings. The summed E-state index contributed by atoms with van der Waals surface area (Å²) in [5.74, 6) is 0. The molecule has 0 bridgehead atoms. The van der Waals surface area contributed by atoms with Gasteiger partial charge in [-0.25, -0.2) is 0 Å². The van der Waals surface area contributed by atoms with Gasteiger partial charge in [0, 0.05) is 12.1 Å². The van der Waals surface area contributed by atoms with Crippen molar-refractivity contribution in [1.82, 2.24) is 4.90 Å². The van der Waals surface area contributed by atoms with E-state index in [1.54, 1.807) is 0 Å². The normalized spacial score (nSPS) is 26.1. The fraction of sp³-hybridized carbons (Fsp3) is 0.600. The number of hydrogen-bond donors (Lipinski definition) is 1. The number of likely N-dealkylation sites (tertiary alicyclic amines) is 1. The average Bonchev–Trinajstić information content (AvgIpc) is 2.32. The zero-order valence-corrected chi connectivity index (χ0v) is 11.0. The van der Waals surface area contributed by atoms with Crippen LogP contribution in [0.5, 0.6) is 0 Å². The molecule has 1 saturated heterocycles. The number of benzene rings is 1. The van der Waals surface area contributed by atoms with Crippen LogP contribution in [-0.4, -0.2) is 24.0 Å². The van der Waals surface area contributed by atoms with Gasteiger partial charge in [0.05, 0.1) is 0 Å². The maximum absolute atomic E-state index is 6.33. The van der Waals surface area contributed by atoms with Crippen LogP contribution in [0.3, 0.4) is 0 Å². The van der Waals surface area contributed by atoms with Crippen LogP contribution in [0.2, 0.25) is 0 Å². The number of aryl methyl sites for hydroxylation is 1. The Bertz CT molecular complexity index is 342. The quantitative estimate of drug-likeness (QED) is 0.868. The Labute approximate surface area is 105 Å². The minimum Gasteiger partial charge on any atom is -0.326 e. The molecule has 1 aromatic carbocycles. The maximum Gasteiger partial charge on any atom is 0.0499 e. The first-order valence-corrected chi connectivity index (χ1v) is 6.78. The van der Waals surface area contributed by atoms with E-state index in [0.29, 0.717) is 6.04 Å². The summed E-state index contributed by atoms with van der Waals surface area (Å²) in [5, 5.41) is 0. The van der Waals surface area contributed by atoms with Gasteiger partial charge in [-0.1, -0.05) is 36.8 Å². The van der Waals surface area contributed by atoms with Gasteiger partial charge in [-0.3, -0.25) is 4.90 Å². The second-order valence-electron chi connectivity index (χ2n) is 5.20. The fourth-order valence-electron chi connectivity index (χ4n) is 2.86. The molecule has 2 heteroatoms. The molecule has 94 valence electrons. The molecule has 2 atom stereocenters. The smallest absolute Gasteiger partial charge is 0.0499 e. The predicted molar refractivity (Wildman–Crippen MR) is 73.0 cm³/mol. The van der Waals surface area contributed by atoms with Crippen LogP contribution in [0.1, 0.15) is 43.4 Å². The standard InChI is InChI=1S/C15H24N2/c1-3-10-17-11-4-5-14(16)15(17)13-8-6-12(2)7-9-13/h6-9,14-15H,3-5,10-11,16H2,1-2H3. The first-order chi connectivity index (χ1) is 8.22. The first-order valence-electron chi connectivity index (χ1n) is 6.78. The van der Waals surface area contributed by atoms with Crippen molar-refractivity contribution >= 4 is 0 Å². The summed E-state index contributed by atoms with van der Waals surface area (Å²) in [7, 11) is 0. The van der Waals surface area contributed by atoms with Crippen LogP contribution in [0.15, 0.2) is 24.3 Å². The van der Waals surface area contributed by atoms with Crippen molar-refractivity contribution in [3.8, 4) is 0 Å². The first kappa shape index (κ1) is 12.6. The summed E-state index contributed by atoms with van der Waals surface area (Å²) >= 11 is 0. The minimum atomic E-state index is 0.290. The third-order valence-corrected chi connectivity index (χ3v) is 3.71. The van der Waals surface area contributed by atoms with Crippen molar-refractivity contribution in [2.24, 2.45) is 5.73 Å². The van der Waals surface area contributed by atoms with Gasteiger partial charge in [0.1, 0.15) is 0 Å². The van der Waals surface area contributed by atoms with E-state index in [1.807, 2.05) is 0 Å². The topological polar surface area (TPSA) is 29.3 Å². The lowest BCUT2D eigenvalue weighted by Gasteiger charge is -2.40. The van der Waals surface area contributed by atoms with Crippen molar-refractivity contribution in [3.63, 3.8) is 0 Å². The lowest BCUT2D eigenvalue weighted by Crippen LogP contribution is -2.46. The lowest BCUT2D eigenvalue weighted by atomic mass is 9.90. The highest BCUT2D eigenvalue weighted by Gasteiger charge is 2.29. The molecule has 1 fully saturated rings. The average molecular weight is 232 g/mol. The summed E-state index contributed by atoms with van der Waals surface area (Å²) in [6.07, 6.45) is 3.59. The molecule has 2 rings (SSSR count). The van der Waals surface area contributed by atoms with Gasteiger partial charge in [0.25, 0.3) is 0 Å². The van der Waals surface area contributed by atoms with E-state index in [2.05, 4.69) is 43.0 Å². The van der Waals surface area contributed by atoms with Crippen LogP contribution in [0.25, 0.3) is 0 Å². The van der Waals surface area contributed by atoms with Crippen LogP contribution >= 0.6 is 0 Å². The largest absolute Gasteiger partial charge is 0.326 e. The lowest BCUT2D eigenvalue weighted by molar-refractivity contribution is 0.128. The summed E-state index contributed by atoms with van der Waals surface area (Å²) in [6, 6.07) is 9.59. The summed E-state index contributed by atoms with van der Waals surface area (Å²) in [6.45, 7) is 6.73. The molecule has 0 aromatic heterocycles. The predicted octanol–water partition coefficient (Wildman–Crippen LogP) is 2.87. The molecule has 2 unspecified atom stereocenters. The van der Waals surface area contributed by atoms with E-state index in [-0.39, 0.29) is 6.04 Å². The zero-order valence-electron chi connectivity index (χ0n) is 11.0.